The minimum absolute atomic E-state index is 0.0356. The first kappa shape index (κ1) is 14.0. The number of carbonyl (C=O) groups is 1. The van der Waals surface area contributed by atoms with Crippen LogP contribution in [0.1, 0.15) is 28.8 Å². The fraction of sp³-hybridized carbons (Fsp3) is 0.533. The van der Waals surface area contributed by atoms with Gasteiger partial charge in [-0.2, -0.15) is 0 Å². The second kappa shape index (κ2) is 6.68. The summed E-state index contributed by atoms with van der Waals surface area (Å²) in [5, 5.41) is 3.13. The van der Waals surface area contributed by atoms with Gasteiger partial charge in [0.15, 0.2) is 0 Å². The third kappa shape index (κ3) is 4.04. The van der Waals surface area contributed by atoms with Gasteiger partial charge < -0.3 is 16.0 Å². The Morgan fingerprint density at radius 1 is 1.42 bits per heavy atom. The minimum atomic E-state index is 0.0356. The molecule has 0 aliphatic carbocycles. The molecule has 104 valence electrons. The van der Waals surface area contributed by atoms with Gasteiger partial charge in [-0.05, 0) is 63.6 Å². The molecule has 0 aromatic heterocycles. The summed E-state index contributed by atoms with van der Waals surface area (Å²) < 4.78 is 0. The van der Waals surface area contributed by atoms with E-state index < -0.39 is 0 Å². The molecule has 0 saturated carbocycles. The number of rotatable bonds is 4. The number of likely N-dealkylation sites (tertiary alicyclic amines) is 1. The van der Waals surface area contributed by atoms with Gasteiger partial charge in [-0.15, -0.1) is 0 Å². The van der Waals surface area contributed by atoms with Crippen LogP contribution in [0, 0.1) is 0 Å². The van der Waals surface area contributed by atoms with Gasteiger partial charge >= 0.3 is 0 Å². The molecule has 1 aromatic rings. The van der Waals surface area contributed by atoms with Crippen molar-refractivity contribution >= 4 is 5.91 Å². The van der Waals surface area contributed by atoms with Gasteiger partial charge in [0.1, 0.15) is 0 Å². The quantitative estimate of drug-likeness (QED) is 0.850. The molecule has 2 rings (SSSR count). The molecule has 19 heavy (non-hydrogen) atoms. The van der Waals surface area contributed by atoms with Crippen LogP contribution < -0.4 is 11.1 Å². The zero-order chi connectivity index (χ0) is 13.7. The first-order valence-corrected chi connectivity index (χ1v) is 6.97. The van der Waals surface area contributed by atoms with Crippen molar-refractivity contribution in [3.63, 3.8) is 0 Å². The van der Waals surface area contributed by atoms with Crippen molar-refractivity contribution in [1.29, 1.82) is 0 Å². The van der Waals surface area contributed by atoms with Crippen LogP contribution in [0.2, 0.25) is 0 Å². The van der Waals surface area contributed by atoms with Crippen molar-refractivity contribution in [1.82, 2.24) is 10.2 Å². The van der Waals surface area contributed by atoms with E-state index in [-0.39, 0.29) is 5.91 Å². The van der Waals surface area contributed by atoms with Gasteiger partial charge in [0.2, 0.25) is 0 Å². The molecule has 1 saturated heterocycles. The van der Waals surface area contributed by atoms with Crippen LogP contribution in [-0.2, 0) is 6.42 Å². The Balaban J connectivity index is 1.94. The highest BCUT2D eigenvalue weighted by atomic mass is 16.1. The SMILES string of the molecule is CN1CCC(NC(=O)c2cccc(CCN)c2)CC1. The molecule has 3 N–H and O–H groups in total. The Labute approximate surface area is 115 Å². The monoisotopic (exact) mass is 261 g/mol. The van der Waals surface area contributed by atoms with E-state index in [9.17, 15) is 4.79 Å². The molecule has 1 aliphatic heterocycles. The van der Waals surface area contributed by atoms with Crippen LogP contribution in [-0.4, -0.2) is 43.5 Å². The highest BCUT2D eigenvalue weighted by molar-refractivity contribution is 5.94. The first-order valence-electron chi connectivity index (χ1n) is 6.97. The fourth-order valence-corrected chi connectivity index (χ4v) is 2.46. The molecular formula is C15H23N3O. The molecule has 1 amide bonds. The number of carbonyl (C=O) groups excluding carboxylic acids is 1. The number of hydrogen-bond acceptors (Lipinski definition) is 3. The second-order valence-corrected chi connectivity index (χ2v) is 5.29. The van der Waals surface area contributed by atoms with E-state index in [1.54, 1.807) is 0 Å². The van der Waals surface area contributed by atoms with Gasteiger partial charge in [0.25, 0.3) is 5.91 Å². The van der Waals surface area contributed by atoms with E-state index in [4.69, 9.17) is 5.73 Å². The van der Waals surface area contributed by atoms with Crippen molar-refractivity contribution in [3.05, 3.63) is 35.4 Å². The maximum Gasteiger partial charge on any atom is 0.251 e. The van der Waals surface area contributed by atoms with Gasteiger partial charge in [0, 0.05) is 11.6 Å². The largest absolute Gasteiger partial charge is 0.349 e. The van der Waals surface area contributed by atoms with E-state index in [0.29, 0.717) is 12.6 Å². The van der Waals surface area contributed by atoms with Crippen molar-refractivity contribution < 1.29 is 4.79 Å². The van der Waals surface area contributed by atoms with Gasteiger partial charge in [0.05, 0.1) is 0 Å². The van der Waals surface area contributed by atoms with E-state index in [0.717, 1.165) is 43.5 Å². The Kier molecular flexibility index (Phi) is 4.93. The van der Waals surface area contributed by atoms with Gasteiger partial charge in [-0.25, -0.2) is 0 Å². The molecule has 0 spiro atoms. The minimum Gasteiger partial charge on any atom is -0.349 e. The normalized spacial score (nSPS) is 17.4. The molecule has 1 heterocycles. The Morgan fingerprint density at radius 2 is 2.16 bits per heavy atom. The summed E-state index contributed by atoms with van der Waals surface area (Å²) in [6.45, 7) is 2.72. The lowest BCUT2D eigenvalue weighted by molar-refractivity contribution is 0.0917. The van der Waals surface area contributed by atoms with Crippen LogP contribution in [0.5, 0.6) is 0 Å². The van der Waals surface area contributed by atoms with Crippen molar-refractivity contribution in [3.8, 4) is 0 Å². The first-order chi connectivity index (χ1) is 9.19. The average Bonchev–Trinajstić information content (AvgIpc) is 2.42. The van der Waals surface area contributed by atoms with Crippen LogP contribution in [0.15, 0.2) is 24.3 Å². The number of nitrogens with one attached hydrogen (secondary N) is 1. The fourth-order valence-electron chi connectivity index (χ4n) is 2.46. The van der Waals surface area contributed by atoms with Crippen LogP contribution in [0.4, 0.5) is 0 Å². The third-order valence-corrected chi connectivity index (χ3v) is 3.68. The molecule has 0 bridgehead atoms. The Hall–Kier alpha value is -1.39. The van der Waals surface area contributed by atoms with E-state index in [1.807, 2.05) is 24.3 Å². The van der Waals surface area contributed by atoms with Gasteiger partial charge in [-0.3, -0.25) is 4.79 Å². The zero-order valence-corrected chi connectivity index (χ0v) is 11.6. The number of amides is 1. The molecular weight excluding hydrogens is 238 g/mol. The number of benzene rings is 1. The molecule has 0 radical (unpaired) electrons. The van der Waals surface area contributed by atoms with Crippen LogP contribution >= 0.6 is 0 Å². The predicted molar refractivity (Wildman–Crippen MR) is 77.2 cm³/mol. The van der Waals surface area contributed by atoms with Gasteiger partial charge in [-0.1, -0.05) is 12.1 Å². The number of nitrogens with zero attached hydrogens (tertiary/aromatic N) is 1. The van der Waals surface area contributed by atoms with E-state index in [1.165, 1.54) is 0 Å². The van der Waals surface area contributed by atoms with E-state index in [2.05, 4.69) is 17.3 Å². The summed E-state index contributed by atoms with van der Waals surface area (Å²) >= 11 is 0. The van der Waals surface area contributed by atoms with Crippen molar-refractivity contribution in [2.45, 2.75) is 25.3 Å². The predicted octanol–water partition coefficient (Wildman–Crippen LogP) is 1.01. The Bertz CT molecular complexity index is 425. The standard InChI is InChI=1S/C15H23N3O/c1-18-9-6-14(7-10-18)17-15(19)13-4-2-3-12(11-13)5-8-16/h2-4,11,14H,5-10,16H2,1H3,(H,17,19). The molecule has 0 atom stereocenters. The number of piperidine rings is 1. The molecule has 0 unspecified atom stereocenters. The van der Waals surface area contributed by atoms with Crippen molar-refractivity contribution in [2.75, 3.05) is 26.7 Å². The average molecular weight is 261 g/mol. The summed E-state index contributed by atoms with van der Waals surface area (Å²) in [5.74, 6) is 0.0356. The van der Waals surface area contributed by atoms with Crippen LogP contribution in [0.3, 0.4) is 0 Å². The molecule has 1 aromatic carbocycles. The summed E-state index contributed by atoms with van der Waals surface area (Å²) in [6.07, 6.45) is 2.88. The van der Waals surface area contributed by atoms with E-state index >= 15 is 0 Å². The lowest BCUT2D eigenvalue weighted by atomic mass is 10.0. The van der Waals surface area contributed by atoms with Crippen molar-refractivity contribution in [2.24, 2.45) is 5.73 Å². The highest BCUT2D eigenvalue weighted by Crippen LogP contribution is 2.11. The maximum atomic E-state index is 12.2. The number of hydrogen-bond donors (Lipinski definition) is 2. The number of nitrogens with two attached hydrogens (primary N) is 1. The lowest BCUT2D eigenvalue weighted by Crippen LogP contribution is -2.43. The summed E-state index contributed by atoms with van der Waals surface area (Å²) in [4.78, 5) is 14.5. The molecule has 1 aliphatic rings. The molecule has 4 heteroatoms. The topological polar surface area (TPSA) is 58.4 Å². The molecule has 4 nitrogen and oxygen atoms in total. The summed E-state index contributed by atoms with van der Waals surface area (Å²) in [6, 6.07) is 8.05. The summed E-state index contributed by atoms with van der Waals surface area (Å²) in [7, 11) is 2.12. The molecule has 1 fully saturated rings. The third-order valence-electron chi connectivity index (χ3n) is 3.68. The maximum absolute atomic E-state index is 12.2. The zero-order valence-electron chi connectivity index (χ0n) is 11.6. The Morgan fingerprint density at radius 3 is 2.84 bits per heavy atom. The highest BCUT2D eigenvalue weighted by Gasteiger charge is 2.19. The lowest BCUT2D eigenvalue weighted by Gasteiger charge is -2.29. The summed E-state index contributed by atoms with van der Waals surface area (Å²) in [5.41, 5.74) is 7.41. The van der Waals surface area contributed by atoms with Crippen LogP contribution in [0.25, 0.3) is 0 Å². The smallest absolute Gasteiger partial charge is 0.251 e. The second-order valence-electron chi connectivity index (χ2n) is 5.29.